The van der Waals surface area contributed by atoms with Gasteiger partial charge in [-0.25, -0.2) is 0 Å². The molecule has 0 radical (unpaired) electrons. The zero-order chi connectivity index (χ0) is 43.4. The molecule has 0 saturated carbocycles. The molecule has 0 aromatic heterocycles. The van der Waals surface area contributed by atoms with Gasteiger partial charge in [-0.1, -0.05) is 191 Å². The molecule has 65 heavy (non-hydrogen) atoms. The average Bonchev–Trinajstić information content (AvgIpc) is 3.86. The van der Waals surface area contributed by atoms with Gasteiger partial charge in [-0.05, 0) is 114 Å². The molecule has 1 heterocycles. The second kappa shape index (κ2) is 12.7. The van der Waals surface area contributed by atoms with Gasteiger partial charge in [0, 0.05) is 49.8 Å². The Morgan fingerprint density at radius 1 is 0.308 bits per heavy atom. The van der Waals surface area contributed by atoms with Crippen molar-refractivity contribution in [3.8, 4) is 44.9 Å². The van der Waals surface area contributed by atoms with Crippen molar-refractivity contribution in [3.05, 3.63) is 245 Å². The number of hydrogen-bond acceptors (Lipinski definition) is 2. The predicted octanol–water partition coefficient (Wildman–Crippen LogP) is 16.5. The van der Waals surface area contributed by atoms with Crippen molar-refractivity contribution >= 4 is 38.6 Å². The Bertz CT molecular complexity index is 3630. The minimum absolute atomic E-state index is 0.0947. The molecule has 2 nitrogen and oxygen atoms in total. The van der Waals surface area contributed by atoms with Gasteiger partial charge in [-0.2, -0.15) is 0 Å². The van der Waals surface area contributed by atoms with Gasteiger partial charge < -0.3 is 9.64 Å². The summed E-state index contributed by atoms with van der Waals surface area (Å²) in [5.74, 6) is 1.86. The van der Waals surface area contributed by atoms with E-state index in [0.717, 1.165) is 39.3 Å². The third kappa shape index (κ3) is 4.69. The number of ether oxygens (including phenoxy) is 1. The normalized spacial score (nSPS) is 15.6. The zero-order valence-electron chi connectivity index (χ0n) is 36.9. The van der Waals surface area contributed by atoms with Gasteiger partial charge in [0.15, 0.2) is 0 Å². The monoisotopic (exact) mass is 831 g/mol. The Kier molecular flexibility index (Phi) is 7.21. The van der Waals surface area contributed by atoms with Crippen molar-refractivity contribution in [1.82, 2.24) is 0 Å². The van der Waals surface area contributed by atoms with Crippen LogP contribution in [0.1, 0.15) is 72.2 Å². The molecular formula is C63H45NO. The Labute approximate surface area is 380 Å². The molecule has 0 amide bonds. The predicted molar refractivity (Wildman–Crippen MR) is 269 cm³/mol. The summed E-state index contributed by atoms with van der Waals surface area (Å²) in [5.41, 5.74) is 20.6. The molecule has 0 unspecified atom stereocenters. The average molecular weight is 832 g/mol. The smallest absolute Gasteiger partial charge is 0.140 e. The molecule has 10 aromatic rings. The maximum Gasteiger partial charge on any atom is 0.140 e. The fourth-order valence-electron chi connectivity index (χ4n) is 12.7. The number of fused-ring (bicyclic) bond motifs is 19. The van der Waals surface area contributed by atoms with Gasteiger partial charge in [0.1, 0.15) is 11.5 Å². The Balaban J connectivity index is 1.07. The van der Waals surface area contributed by atoms with Crippen LogP contribution in [-0.2, 0) is 16.2 Å². The molecule has 0 N–H and O–H groups in total. The molecule has 0 atom stereocenters. The van der Waals surface area contributed by atoms with Crippen LogP contribution in [0.25, 0.3) is 54.9 Å². The SMILES string of the molecule is CC1(C)c2ccccc2-c2cc(N(c3ccc4c(c3)C(C)(C)c3ccccc3-4)c3ccc4c(c3)C3(c5ccccc5-4)c4ccc5ccccc5c4Oc4c3ccc3ccccc43)ccc21. The highest BCUT2D eigenvalue weighted by molar-refractivity contribution is 6.01. The van der Waals surface area contributed by atoms with Crippen LogP contribution in [0, 0.1) is 0 Å². The summed E-state index contributed by atoms with van der Waals surface area (Å²) in [5, 5.41) is 4.57. The summed E-state index contributed by atoms with van der Waals surface area (Å²) in [6.45, 7) is 9.49. The van der Waals surface area contributed by atoms with E-state index in [4.69, 9.17) is 4.74 Å². The summed E-state index contributed by atoms with van der Waals surface area (Å²) in [7, 11) is 0. The Morgan fingerprint density at radius 3 is 1.32 bits per heavy atom. The quantitative estimate of drug-likeness (QED) is 0.176. The van der Waals surface area contributed by atoms with Crippen LogP contribution in [0.2, 0.25) is 0 Å². The van der Waals surface area contributed by atoms with Crippen LogP contribution in [-0.4, -0.2) is 0 Å². The lowest BCUT2D eigenvalue weighted by atomic mass is 9.65. The second-order valence-electron chi connectivity index (χ2n) is 19.6. The van der Waals surface area contributed by atoms with Crippen LogP contribution < -0.4 is 9.64 Å². The molecule has 3 aliphatic carbocycles. The van der Waals surface area contributed by atoms with Gasteiger partial charge in [0.05, 0.1) is 5.41 Å². The van der Waals surface area contributed by atoms with Crippen molar-refractivity contribution in [2.75, 3.05) is 4.90 Å². The van der Waals surface area contributed by atoms with Crippen molar-refractivity contribution in [3.63, 3.8) is 0 Å². The molecular weight excluding hydrogens is 787 g/mol. The highest BCUT2D eigenvalue weighted by Gasteiger charge is 2.52. The molecule has 10 aromatic carbocycles. The Hall–Kier alpha value is -7.68. The summed E-state index contributed by atoms with van der Waals surface area (Å²) in [6.07, 6.45) is 0. The molecule has 0 bridgehead atoms. The van der Waals surface area contributed by atoms with E-state index < -0.39 is 5.41 Å². The number of benzene rings is 10. The lowest BCUT2D eigenvalue weighted by Gasteiger charge is -2.40. The van der Waals surface area contributed by atoms with E-state index in [0.29, 0.717) is 0 Å². The fraction of sp³-hybridized carbons (Fsp3) is 0.111. The van der Waals surface area contributed by atoms with Crippen LogP contribution >= 0.6 is 0 Å². The highest BCUT2D eigenvalue weighted by Crippen LogP contribution is 2.65. The van der Waals surface area contributed by atoms with E-state index in [1.165, 1.54) is 88.7 Å². The molecule has 308 valence electrons. The van der Waals surface area contributed by atoms with Gasteiger partial charge in [-0.15, -0.1) is 0 Å². The minimum atomic E-state index is -0.660. The van der Waals surface area contributed by atoms with E-state index in [2.05, 4.69) is 233 Å². The summed E-state index contributed by atoms with van der Waals surface area (Å²) < 4.78 is 7.30. The minimum Gasteiger partial charge on any atom is -0.455 e. The summed E-state index contributed by atoms with van der Waals surface area (Å²) in [4.78, 5) is 2.52. The number of nitrogens with zero attached hydrogens (tertiary/aromatic N) is 1. The summed E-state index contributed by atoms with van der Waals surface area (Å²) >= 11 is 0. The largest absolute Gasteiger partial charge is 0.455 e. The second-order valence-corrected chi connectivity index (χ2v) is 19.6. The lowest BCUT2D eigenvalue weighted by Crippen LogP contribution is -2.32. The van der Waals surface area contributed by atoms with Crippen molar-refractivity contribution in [2.24, 2.45) is 0 Å². The first-order valence-corrected chi connectivity index (χ1v) is 23.0. The maximum absolute atomic E-state index is 7.30. The number of hydrogen-bond donors (Lipinski definition) is 0. The van der Waals surface area contributed by atoms with E-state index in [1.54, 1.807) is 0 Å². The fourth-order valence-corrected chi connectivity index (χ4v) is 12.7. The maximum atomic E-state index is 7.30. The third-order valence-corrected chi connectivity index (χ3v) is 15.7. The number of rotatable bonds is 3. The molecule has 1 aliphatic heterocycles. The molecule has 14 rings (SSSR count). The topological polar surface area (TPSA) is 12.5 Å². The van der Waals surface area contributed by atoms with Crippen LogP contribution in [0.15, 0.2) is 200 Å². The first-order valence-electron chi connectivity index (χ1n) is 23.0. The highest BCUT2D eigenvalue weighted by atomic mass is 16.5. The molecule has 0 saturated heterocycles. The van der Waals surface area contributed by atoms with Gasteiger partial charge in [-0.3, -0.25) is 0 Å². The van der Waals surface area contributed by atoms with E-state index in [9.17, 15) is 0 Å². The van der Waals surface area contributed by atoms with Gasteiger partial charge >= 0.3 is 0 Å². The first kappa shape index (κ1) is 36.8. The standard InChI is InChI=1S/C63H45NO/c1-61(2)52-23-13-10-21-47(52)50-35-40(29-34-53(50)61)64(41-27-30-48-45-19-9-12-22-51(45)62(3,4)57(48)36-41)42-28-31-49-46-20-11-14-24-54(46)63(58(49)37-42)55-32-25-38-15-5-7-17-43(38)59(55)65-60-44-18-8-6-16-39(44)26-33-56(60)63/h5-37H,1-4H3. The number of anilines is 3. The zero-order valence-corrected chi connectivity index (χ0v) is 36.9. The van der Waals surface area contributed by atoms with Crippen molar-refractivity contribution < 1.29 is 4.74 Å². The molecule has 0 fully saturated rings. The van der Waals surface area contributed by atoms with Crippen molar-refractivity contribution in [2.45, 2.75) is 43.9 Å². The van der Waals surface area contributed by atoms with Gasteiger partial charge in [0.2, 0.25) is 0 Å². The van der Waals surface area contributed by atoms with E-state index in [1.807, 2.05) is 0 Å². The lowest BCUT2D eigenvalue weighted by molar-refractivity contribution is 0.447. The molecule has 1 spiro atoms. The van der Waals surface area contributed by atoms with Crippen LogP contribution in [0.3, 0.4) is 0 Å². The van der Waals surface area contributed by atoms with Crippen molar-refractivity contribution in [1.29, 1.82) is 0 Å². The Morgan fingerprint density at radius 2 is 0.708 bits per heavy atom. The third-order valence-electron chi connectivity index (χ3n) is 15.7. The van der Waals surface area contributed by atoms with E-state index >= 15 is 0 Å². The van der Waals surface area contributed by atoms with Crippen LogP contribution in [0.5, 0.6) is 11.5 Å². The van der Waals surface area contributed by atoms with E-state index in [-0.39, 0.29) is 10.8 Å². The van der Waals surface area contributed by atoms with Crippen LogP contribution in [0.4, 0.5) is 17.1 Å². The van der Waals surface area contributed by atoms with Gasteiger partial charge in [0.25, 0.3) is 0 Å². The molecule has 2 heteroatoms. The first-order chi connectivity index (χ1) is 31.7. The molecule has 4 aliphatic rings. The summed E-state index contributed by atoms with van der Waals surface area (Å²) in [6, 6.07) is 75.2.